The average Bonchev–Trinajstić information content (AvgIpc) is 3.03. The summed E-state index contributed by atoms with van der Waals surface area (Å²) in [5.41, 5.74) is 1.96. The lowest BCUT2D eigenvalue weighted by atomic mass is 10.2. The smallest absolute Gasteiger partial charge is 0.289 e. The number of halogens is 1. The summed E-state index contributed by atoms with van der Waals surface area (Å²) in [7, 11) is 0. The lowest BCUT2D eigenvalue weighted by molar-refractivity contribution is 0.0759. The monoisotopic (exact) mass is 321 g/mol. The van der Waals surface area contributed by atoms with Gasteiger partial charge in [-0.2, -0.15) is 0 Å². The van der Waals surface area contributed by atoms with Crippen LogP contribution in [0.1, 0.15) is 22.5 Å². The van der Waals surface area contributed by atoms with Crippen molar-refractivity contribution in [3.63, 3.8) is 0 Å². The maximum absolute atomic E-state index is 12.4. The molecule has 1 aliphatic rings. The van der Waals surface area contributed by atoms with Crippen molar-refractivity contribution >= 4 is 32.8 Å². The normalized spacial score (nSPS) is 19.3. The number of nitrogens with zero attached hydrogens (tertiary/aromatic N) is 1. The Morgan fingerprint density at radius 2 is 2.32 bits per heavy atom. The molecule has 1 unspecified atom stereocenters. The Hall–Kier alpha value is -1.29. The molecule has 0 spiro atoms. The molecule has 1 fully saturated rings. The summed E-state index contributed by atoms with van der Waals surface area (Å²) in [6.45, 7) is 3.68. The molecule has 19 heavy (non-hydrogen) atoms. The van der Waals surface area contributed by atoms with Crippen LogP contribution in [0, 0.1) is 12.8 Å². The Kier molecular flexibility index (Phi) is 3.35. The van der Waals surface area contributed by atoms with Gasteiger partial charge in [0.25, 0.3) is 5.91 Å². The molecule has 0 saturated carbocycles. The van der Waals surface area contributed by atoms with Crippen LogP contribution in [0.15, 0.2) is 28.7 Å². The fourth-order valence-electron chi connectivity index (χ4n) is 2.57. The van der Waals surface area contributed by atoms with E-state index in [0.717, 1.165) is 35.8 Å². The first-order valence-electron chi connectivity index (χ1n) is 6.53. The number of furan rings is 1. The van der Waals surface area contributed by atoms with E-state index in [1.165, 1.54) is 5.56 Å². The molecule has 1 aliphatic heterocycles. The molecule has 1 aromatic carbocycles. The van der Waals surface area contributed by atoms with Gasteiger partial charge in [0.2, 0.25) is 0 Å². The second-order valence-corrected chi connectivity index (χ2v) is 5.86. The maximum atomic E-state index is 12.4. The Balaban J connectivity index is 1.86. The number of aryl methyl sites for hydroxylation is 1. The van der Waals surface area contributed by atoms with Gasteiger partial charge >= 0.3 is 0 Å². The Morgan fingerprint density at radius 1 is 1.47 bits per heavy atom. The van der Waals surface area contributed by atoms with Crippen LogP contribution in [-0.2, 0) is 0 Å². The van der Waals surface area contributed by atoms with E-state index in [1.54, 1.807) is 0 Å². The predicted octanol–water partition coefficient (Wildman–Crippen LogP) is 3.60. The molecule has 1 saturated heterocycles. The van der Waals surface area contributed by atoms with Crippen LogP contribution in [0.2, 0.25) is 0 Å². The van der Waals surface area contributed by atoms with Crippen molar-refractivity contribution in [1.29, 1.82) is 0 Å². The lowest BCUT2D eigenvalue weighted by Crippen LogP contribution is -2.28. The molecule has 0 bridgehead atoms. The Labute approximate surface area is 120 Å². The number of hydrogen-bond donors (Lipinski definition) is 0. The quantitative estimate of drug-likeness (QED) is 0.792. The molecule has 4 heteroatoms. The number of amides is 1. The molecule has 3 rings (SSSR count). The number of likely N-dealkylation sites (tertiary alicyclic amines) is 1. The first-order chi connectivity index (χ1) is 9.17. The molecular weight excluding hydrogens is 306 g/mol. The van der Waals surface area contributed by atoms with Crippen LogP contribution in [0.5, 0.6) is 0 Å². The minimum atomic E-state index is 0.0114. The van der Waals surface area contributed by atoms with Crippen molar-refractivity contribution in [3.8, 4) is 0 Å². The first kappa shape index (κ1) is 12.7. The number of carbonyl (C=O) groups is 1. The molecule has 3 nitrogen and oxygen atoms in total. The SMILES string of the molecule is Cc1ccc2oc(C(=O)N3CCC(CBr)C3)cc2c1. The van der Waals surface area contributed by atoms with Gasteiger partial charge in [-0.15, -0.1) is 0 Å². The fourth-order valence-corrected chi connectivity index (χ4v) is 3.10. The van der Waals surface area contributed by atoms with Gasteiger partial charge in [-0.1, -0.05) is 27.6 Å². The molecule has 0 aliphatic carbocycles. The highest BCUT2D eigenvalue weighted by Crippen LogP contribution is 2.24. The summed E-state index contributed by atoms with van der Waals surface area (Å²) in [4.78, 5) is 14.3. The maximum Gasteiger partial charge on any atom is 0.289 e. The summed E-state index contributed by atoms with van der Waals surface area (Å²) in [6, 6.07) is 7.82. The zero-order valence-electron chi connectivity index (χ0n) is 10.9. The van der Waals surface area contributed by atoms with Crippen LogP contribution in [-0.4, -0.2) is 29.2 Å². The average molecular weight is 322 g/mol. The van der Waals surface area contributed by atoms with Crippen molar-refractivity contribution in [3.05, 3.63) is 35.6 Å². The molecule has 1 amide bonds. The number of hydrogen-bond acceptors (Lipinski definition) is 2. The summed E-state index contributed by atoms with van der Waals surface area (Å²) >= 11 is 3.48. The van der Waals surface area contributed by atoms with E-state index in [4.69, 9.17) is 4.42 Å². The fraction of sp³-hybridized carbons (Fsp3) is 0.400. The van der Waals surface area contributed by atoms with E-state index in [-0.39, 0.29) is 5.91 Å². The highest BCUT2D eigenvalue weighted by Gasteiger charge is 2.28. The van der Waals surface area contributed by atoms with E-state index < -0.39 is 0 Å². The number of rotatable bonds is 2. The van der Waals surface area contributed by atoms with Crippen molar-refractivity contribution in [2.75, 3.05) is 18.4 Å². The van der Waals surface area contributed by atoms with Gasteiger partial charge < -0.3 is 9.32 Å². The van der Waals surface area contributed by atoms with Gasteiger partial charge in [0.1, 0.15) is 5.58 Å². The van der Waals surface area contributed by atoms with Gasteiger partial charge in [0.05, 0.1) is 0 Å². The van der Waals surface area contributed by atoms with Gasteiger partial charge in [-0.05, 0) is 37.5 Å². The summed E-state index contributed by atoms with van der Waals surface area (Å²) in [5.74, 6) is 1.03. The van der Waals surface area contributed by atoms with Gasteiger partial charge in [-0.3, -0.25) is 4.79 Å². The number of alkyl halides is 1. The van der Waals surface area contributed by atoms with Crippen LogP contribution in [0.25, 0.3) is 11.0 Å². The second kappa shape index (κ2) is 5.00. The van der Waals surface area contributed by atoms with Gasteiger partial charge in [-0.25, -0.2) is 0 Å². The third kappa shape index (κ3) is 2.41. The molecule has 100 valence electrons. The molecular formula is C15H16BrNO2. The van der Waals surface area contributed by atoms with Crippen LogP contribution >= 0.6 is 15.9 Å². The molecule has 0 N–H and O–H groups in total. The number of benzene rings is 1. The highest BCUT2D eigenvalue weighted by molar-refractivity contribution is 9.09. The minimum Gasteiger partial charge on any atom is -0.451 e. The van der Waals surface area contributed by atoms with E-state index >= 15 is 0 Å². The zero-order chi connectivity index (χ0) is 13.4. The summed E-state index contributed by atoms with van der Waals surface area (Å²) < 4.78 is 5.66. The van der Waals surface area contributed by atoms with Crippen molar-refractivity contribution in [2.45, 2.75) is 13.3 Å². The Bertz CT molecular complexity index is 620. The van der Waals surface area contributed by atoms with Crippen LogP contribution < -0.4 is 0 Å². The molecule has 2 aromatic rings. The van der Waals surface area contributed by atoms with E-state index in [1.807, 2.05) is 36.1 Å². The van der Waals surface area contributed by atoms with Gasteiger partial charge in [0, 0.05) is 23.8 Å². The third-order valence-corrected chi connectivity index (χ3v) is 4.59. The molecule has 1 aromatic heterocycles. The predicted molar refractivity (Wildman–Crippen MR) is 78.8 cm³/mol. The van der Waals surface area contributed by atoms with E-state index in [9.17, 15) is 4.79 Å². The number of carbonyl (C=O) groups excluding carboxylic acids is 1. The van der Waals surface area contributed by atoms with E-state index in [0.29, 0.717) is 11.7 Å². The topological polar surface area (TPSA) is 33.5 Å². The highest BCUT2D eigenvalue weighted by atomic mass is 79.9. The summed E-state index contributed by atoms with van der Waals surface area (Å²) in [6.07, 6.45) is 1.07. The van der Waals surface area contributed by atoms with Gasteiger partial charge in [0.15, 0.2) is 5.76 Å². The summed E-state index contributed by atoms with van der Waals surface area (Å²) in [5, 5.41) is 1.95. The molecule has 1 atom stereocenters. The standard InChI is InChI=1S/C15H16BrNO2/c1-10-2-3-13-12(6-10)7-14(19-13)15(18)17-5-4-11(8-16)9-17/h2-3,6-7,11H,4-5,8-9H2,1H3. The van der Waals surface area contributed by atoms with Crippen molar-refractivity contribution in [1.82, 2.24) is 4.90 Å². The number of fused-ring (bicyclic) bond motifs is 1. The Morgan fingerprint density at radius 3 is 3.05 bits per heavy atom. The molecule has 0 radical (unpaired) electrons. The minimum absolute atomic E-state index is 0.0114. The van der Waals surface area contributed by atoms with Crippen LogP contribution in [0.4, 0.5) is 0 Å². The third-order valence-electron chi connectivity index (χ3n) is 3.67. The molecule has 2 heterocycles. The first-order valence-corrected chi connectivity index (χ1v) is 7.65. The zero-order valence-corrected chi connectivity index (χ0v) is 12.4. The second-order valence-electron chi connectivity index (χ2n) is 5.21. The van der Waals surface area contributed by atoms with E-state index in [2.05, 4.69) is 15.9 Å². The largest absolute Gasteiger partial charge is 0.451 e. The lowest BCUT2D eigenvalue weighted by Gasteiger charge is -2.13. The van der Waals surface area contributed by atoms with Crippen LogP contribution in [0.3, 0.4) is 0 Å². The van der Waals surface area contributed by atoms with Crippen molar-refractivity contribution in [2.24, 2.45) is 5.92 Å². The van der Waals surface area contributed by atoms with Crippen molar-refractivity contribution < 1.29 is 9.21 Å².